The van der Waals surface area contributed by atoms with Crippen molar-refractivity contribution in [2.45, 2.75) is 13.0 Å². The fraction of sp³-hybridized carbons (Fsp3) is 0.545. The van der Waals surface area contributed by atoms with Gasteiger partial charge < -0.3 is 10.2 Å². The maximum Gasteiger partial charge on any atom is 0.141 e. The average Bonchev–Trinajstić information content (AvgIpc) is 2.18. The van der Waals surface area contributed by atoms with E-state index in [1.807, 2.05) is 21.0 Å². The van der Waals surface area contributed by atoms with E-state index in [1.165, 1.54) is 12.3 Å². The van der Waals surface area contributed by atoms with E-state index in [9.17, 15) is 4.39 Å². The molecule has 1 aromatic heterocycles. The van der Waals surface area contributed by atoms with Crippen molar-refractivity contribution < 1.29 is 4.39 Å². The lowest BCUT2D eigenvalue weighted by atomic mass is 10.2. The Morgan fingerprint density at radius 3 is 2.73 bits per heavy atom. The molecule has 3 nitrogen and oxygen atoms in total. The minimum Gasteiger partial charge on any atom is -0.308 e. The highest BCUT2D eigenvalue weighted by Gasteiger charge is 2.05. The van der Waals surface area contributed by atoms with Crippen LogP contribution in [0.1, 0.15) is 18.7 Å². The molecule has 0 saturated carbocycles. The molecular formula is C11H18FN3. The fourth-order valence-electron chi connectivity index (χ4n) is 1.25. The van der Waals surface area contributed by atoms with Gasteiger partial charge in [0, 0.05) is 19.1 Å². The summed E-state index contributed by atoms with van der Waals surface area (Å²) in [6, 6.07) is 3.31. The van der Waals surface area contributed by atoms with Gasteiger partial charge in [0.2, 0.25) is 0 Å². The molecule has 0 radical (unpaired) electrons. The predicted molar refractivity (Wildman–Crippen MR) is 59.2 cm³/mol. The van der Waals surface area contributed by atoms with Crippen LogP contribution in [0.25, 0.3) is 0 Å². The lowest BCUT2D eigenvalue weighted by molar-refractivity contribution is 0.388. The molecule has 84 valence electrons. The second-order valence-electron chi connectivity index (χ2n) is 3.88. The Labute approximate surface area is 90.3 Å². The number of likely N-dealkylation sites (N-methyl/N-ethyl adjacent to an activating group) is 1. The van der Waals surface area contributed by atoms with Crippen molar-refractivity contribution in [3.05, 3.63) is 29.8 Å². The lowest BCUT2D eigenvalue weighted by Crippen LogP contribution is -2.28. The number of aromatic nitrogens is 1. The van der Waals surface area contributed by atoms with Gasteiger partial charge in [-0.25, -0.2) is 4.39 Å². The Balaban J connectivity index is 2.40. The summed E-state index contributed by atoms with van der Waals surface area (Å²) in [6.07, 6.45) is 1.25. The highest BCUT2D eigenvalue weighted by Crippen LogP contribution is 2.08. The number of rotatable bonds is 5. The molecule has 0 fully saturated rings. The van der Waals surface area contributed by atoms with Gasteiger partial charge in [-0.05, 0) is 33.2 Å². The lowest BCUT2D eigenvalue weighted by Gasteiger charge is -2.15. The SMILES string of the molecule is CC(NCCN(C)C)c1ccc(F)cn1. The summed E-state index contributed by atoms with van der Waals surface area (Å²) in [5.41, 5.74) is 0.871. The van der Waals surface area contributed by atoms with Crippen molar-refractivity contribution in [3.63, 3.8) is 0 Å². The minimum atomic E-state index is -0.292. The largest absolute Gasteiger partial charge is 0.308 e. The van der Waals surface area contributed by atoms with Crippen LogP contribution in [0.5, 0.6) is 0 Å². The molecule has 4 heteroatoms. The van der Waals surface area contributed by atoms with E-state index >= 15 is 0 Å². The number of halogens is 1. The molecule has 15 heavy (non-hydrogen) atoms. The van der Waals surface area contributed by atoms with E-state index in [-0.39, 0.29) is 11.9 Å². The molecule has 1 heterocycles. The quantitative estimate of drug-likeness (QED) is 0.798. The van der Waals surface area contributed by atoms with Crippen molar-refractivity contribution in [2.75, 3.05) is 27.2 Å². The Morgan fingerprint density at radius 1 is 1.47 bits per heavy atom. The van der Waals surface area contributed by atoms with Crippen LogP contribution in [-0.2, 0) is 0 Å². The number of nitrogens with zero attached hydrogens (tertiary/aromatic N) is 2. The zero-order valence-corrected chi connectivity index (χ0v) is 9.50. The molecule has 0 amide bonds. The van der Waals surface area contributed by atoms with Crippen LogP contribution in [-0.4, -0.2) is 37.1 Å². The maximum absolute atomic E-state index is 12.6. The van der Waals surface area contributed by atoms with Gasteiger partial charge in [-0.2, -0.15) is 0 Å². The molecule has 1 rings (SSSR count). The molecule has 0 spiro atoms. The highest BCUT2D eigenvalue weighted by atomic mass is 19.1. The molecule has 0 aromatic carbocycles. The predicted octanol–water partition coefficient (Wildman–Crippen LogP) is 1.43. The van der Waals surface area contributed by atoms with Crippen molar-refractivity contribution >= 4 is 0 Å². The molecule has 1 N–H and O–H groups in total. The van der Waals surface area contributed by atoms with E-state index in [0.29, 0.717) is 0 Å². The monoisotopic (exact) mass is 211 g/mol. The van der Waals surface area contributed by atoms with Gasteiger partial charge in [0.05, 0.1) is 11.9 Å². The summed E-state index contributed by atoms with van der Waals surface area (Å²) in [6.45, 7) is 3.90. The molecule has 1 aromatic rings. The van der Waals surface area contributed by atoms with Crippen LogP contribution in [0.2, 0.25) is 0 Å². The van der Waals surface area contributed by atoms with Crippen LogP contribution in [0.15, 0.2) is 18.3 Å². The first-order chi connectivity index (χ1) is 7.09. The second-order valence-corrected chi connectivity index (χ2v) is 3.88. The Bertz CT molecular complexity index is 284. The Morgan fingerprint density at radius 2 is 2.20 bits per heavy atom. The zero-order valence-electron chi connectivity index (χ0n) is 9.50. The average molecular weight is 211 g/mol. The van der Waals surface area contributed by atoms with Crippen LogP contribution in [0, 0.1) is 5.82 Å². The van der Waals surface area contributed by atoms with Crippen LogP contribution in [0.3, 0.4) is 0 Å². The summed E-state index contributed by atoms with van der Waals surface area (Å²) in [7, 11) is 4.06. The first-order valence-corrected chi connectivity index (χ1v) is 5.09. The van der Waals surface area contributed by atoms with E-state index in [4.69, 9.17) is 0 Å². The third-order valence-corrected chi connectivity index (χ3v) is 2.20. The van der Waals surface area contributed by atoms with Gasteiger partial charge in [-0.3, -0.25) is 4.98 Å². The molecule has 0 aliphatic carbocycles. The standard InChI is InChI=1S/C11H18FN3/c1-9(13-6-7-15(2)3)11-5-4-10(12)8-14-11/h4-5,8-9,13H,6-7H2,1-3H3. The molecule has 0 aliphatic rings. The third-order valence-electron chi connectivity index (χ3n) is 2.20. The van der Waals surface area contributed by atoms with Gasteiger partial charge in [0.25, 0.3) is 0 Å². The zero-order chi connectivity index (χ0) is 11.3. The van der Waals surface area contributed by atoms with Gasteiger partial charge in [-0.15, -0.1) is 0 Å². The van der Waals surface area contributed by atoms with Gasteiger partial charge in [0.1, 0.15) is 5.82 Å². The maximum atomic E-state index is 12.6. The summed E-state index contributed by atoms with van der Waals surface area (Å²) in [4.78, 5) is 6.13. The highest BCUT2D eigenvalue weighted by molar-refractivity contribution is 5.08. The van der Waals surface area contributed by atoms with E-state index in [0.717, 1.165) is 18.8 Å². The molecular weight excluding hydrogens is 193 g/mol. The Hall–Kier alpha value is -1.00. The van der Waals surface area contributed by atoms with E-state index < -0.39 is 0 Å². The smallest absolute Gasteiger partial charge is 0.141 e. The summed E-state index contributed by atoms with van der Waals surface area (Å²) < 4.78 is 12.6. The number of hydrogen-bond acceptors (Lipinski definition) is 3. The normalized spacial score (nSPS) is 13.1. The fourth-order valence-corrected chi connectivity index (χ4v) is 1.25. The molecule has 0 bridgehead atoms. The van der Waals surface area contributed by atoms with Crippen LogP contribution >= 0.6 is 0 Å². The van der Waals surface area contributed by atoms with Gasteiger partial charge in [0.15, 0.2) is 0 Å². The number of nitrogens with one attached hydrogen (secondary N) is 1. The van der Waals surface area contributed by atoms with Crippen LogP contribution < -0.4 is 5.32 Å². The number of pyridine rings is 1. The Kier molecular flexibility index (Phi) is 4.65. The first kappa shape index (κ1) is 12.1. The molecule has 0 saturated heterocycles. The second kappa shape index (κ2) is 5.78. The summed E-state index contributed by atoms with van der Waals surface area (Å²) >= 11 is 0. The van der Waals surface area contributed by atoms with E-state index in [2.05, 4.69) is 15.2 Å². The van der Waals surface area contributed by atoms with Crippen molar-refractivity contribution in [1.82, 2.24) is 15.2 Å². The third kappa shape index (κ3) is 4.36. The van der Waals surface area contributed by atoms with Gasteiger partial charge in [-0.1, -0.05) is 0 Å². The van der Waals surface area contributed by atoms with Crippen LogP contribution in [0.4, 0.5) is 4.39 Å². The molecule has 0 aliphatic heterocycles. The van der Waals surface area contributed by atoms with E-state index in [1.54, 1.807) is 6.07 Å². The van der Waals surface area contributed by atoms with Crippen molar-refractivity contribution in [3.8, 4) is 0 Å². The summed E-state index contributed by atoms with van der Waals surface area (Å²) in [5, 5.41) is 3.32. The number of hydrogen-bond donors (Lipinski definition) is 1. The summed E-state index contributed by atoms with van der Waals surface area (Å²) in [5.74, 6) is -0.292. The topological polar surface area (TPSA) is 28.2 Å². The first-order valence-electron chi connectivity index (χ1n) is 5.09. The molecule has 1 atom stereocenters. The molecule has 1 unspecified atom stereocenters. The van der Waals surface area contributed by atoms with Crippen molar-refractivity contribution in [2.24, 2.45) is 0 Å². The minimum absolute atomic E-state index is 0.158. The van der Waals surface area contributed by atoms with Gasteiger partial charge >= 0.3 is 0 Å². The van der Waals surface area contributed by atoms with Crippen molar-refractivity contribution in [1.29, 1.82) is 0 Å².